The summed E-state index contributed by atoms with van der Waals surface area (Å²) in [6, 6.07) is 0. The number of nitrogens with two attached hydrogens (primary N) is 1. The van der Waals surface area contributed by atoms with Crippen molar-refractivity contribution < 1.29 is 0 Å². The summed E-state index contributed by atoms with van der Waals surface area (Å²) in [6.45, 7) is 4.10. The van der Waals surface area contributed by atoms with Gasteiger partial charge in [0.25, 0.3) is 0 Å². The lowest BCUT2D eigenvalue weighted by molar-refractivity contribution is 0.744. The summed E-state index contributed by atoms with van der Waals surface area (Å²) in [7, 11) is 0. The molecule has 0 rings (SSSR count). The first-order chi connectivity index (χ1) is 3.18. The highest BCUT2D eigenvalue weighted by molar-refractivity contribution is 7.80. The average Bonchev–Trinajstić information content (AvgIpc) is 1.65. The minimum absolute atomic E-state index is 0.412. The third kappa shape index (κ3) is 2.57. The number of hydrogen-bond donors (Lipinski definition) is 1. The fourth-order valence-electron chi connectivity index (χ4n) is 0.201. The van der Waals surface area contributed by atoms with E-state index in [2.05, 4.69) is 6.92 Å². The molecular formula is C5H11NS. The van der Waals surface area contributed by atoms with Gasteiger partial charge in [0, 0.05) is 5.92 Å². The summed E-state index contributed by atoms with van der Waals surface area (Å²) in [5.41, 5.74) is 5.28. The van der Waals surface area contributed by atoms with Crippen LogP contribution in [0.1, 0.15) is 20.3 Å². The highest BCUT2D eigenvalue weighted by Crippen LogP contribution is 1.98. The second-order valence-corrected chi connectivity index (χ2v) is 2.18. The fourth-order valence-corrected chi connectivity index (χ4v) is 0.368. The Balaban J connectivity index is 3.34. The van der Waals surface area contributed by atoms with Crippen LogP contribution in [0.5, 0.6) is 0 Å². The molecule has 0 amide bonds. The Morgan fingerprint density at radius 1 is 1.86 bits per heavy atom. The van der Waals surface area contributed by atoms with E-state index in [0.717, 1.165) is 6.42 Å². The van der Waals surface area contributed by atoms with E-state index in [1.807, 2.05) is 6.92 Å². The van der Waals surface area contributed by atoms with E-state index in [4.69, 9.17) is 18.0 Å². The maximum Gasteiger partial charge on any atom is 0.0755 e. The van der Waals surface area contributed by atoms with E-state index in [-0.39, 0.29) is 0 Å². The van der Waals surface area contributed by atoms with Gasteiger partial charge in [-0.2, -0.15) is 0 Å². The van der Waals surface area contributed by atoms with Crippen molar-refractivity contribution in [3.05, 3.63) is 0 Å². The summed E-state index contributed by atoms with van der Waals surface area (Å²) in [6.07, 6.45) is 1.05. The fraction of sp³-hybridized carbons (Fsp3) is 0.800. The number of rotatable bonds is 2. The molecule has 0 heterocycles. The van der Waals surface area contributed by atoms with Crippen LogP contribution in [0.15, 0.2) is 0 Å². The molecule has 0 saturated carbocycles. The van der Waals surface area contributed by atoms with Crippen LogP contribution in [0.4, 0.5) is 0 Å². The summed E-state index contributed by atoms with van der Waals surface area (Å²) in [5, 5.41) is 0. The molecule has 0 bridgehead atoms. The maximum absolute atomic E-state index is 5.28. The van der Waals surface area contributed by atoms with Gasteiger partial charge in [-0.25, -0.2) is 0 Å². The molecule has 0 aliphatic heterocycles. The van der Waals surface area contributed by atoms with Gasteiger partial charge in [0.2, 0.25) is 0 Å². The largest absolute Gasteiger partial charge is 0.393 e. The minimum atomic E-state index is 0.412. The lowest BCUT2D eigenvalue weighted by atomic mass is 10.1. The lowest BCUT2D eigenvalue weighted by Crippen LogP contribution is -2.16. The van der Waals surface area contributed by atoms with Crippen LogP contribution in [0.3, 0.4) is 0 Å². The van der Waals surface area contributed by atoms with E-state index < -0.39 is 0 Å². The zero-order chi connectivity index (χ0) is 5.86. The lowest BCUT2D eigenvalue weighted by Gasteiger charge is -2.01. The van der Waals surface area contributed by atoms with Crippen LogP contribution < -0.4 is 5.73 Å². The van der Waals surface area contributed by atoms with Crippen molar-refractivity contribution in [2.24, 2.45) is 11.7 Å². The molecule has 0 saturated heterocycles. The first-order valence-corrected chi connectivity index (χ1v) is 2.88. The Morgan fingerprint density at radius 2 is 2.29 bits per heavy atom. The van der Waals surface area contributed by atoms with Crippen LogP contribution in [0, 0.1) is 5.92 Å². The summed E-state index contributed by atoms with van der Waals surface area (Å²) in [5.74, 6) is 0.412. The van der Waals surface area contributed by atoms with Crippen LogP contribution in [0.2, 0.25) is 0 Å². The molecule has 0 aliphatic rings. The van der Waals surface area contributed by atoms with Crippen molar-refractivity contribution in [2.45, 2.75) is 20.3 Å². The van der Waals surface area contributed by atoms with Gasteiger partial charge in [-0.05, 0) is 6.42 Å². The first kappa shape index (κ1) is 6.89. The zero-order valence-corrected chi connectivity index (χ0v) is 5.59. The van der Waals surface area contributed by atoms with E-state index in [1.54, 1.807) is 0 Å². The molecule has 42 valence electrons. The van der Waals surface area contributed by atoms with Crippen molar-refractivity contribution >= 4 is 17.2 Å². The number of hydrogen-bond acceptors (Lipinski definition) is 1. The summed E-state index contributed by atoms with van der Waals surface area (Å²) < 4.78 is 0. The Morgan fingerprint density at radius 3 is 2.29 bits per heavy atom. The molecule has 0 fully saturated rings. The molecule has 0 aromatic rings. The monoisotopic (exact) mass is 117 g/mol. The molecule has 0 aromatic carbocycles. The Kier molecular flexibility index (Phi) is 2.92. The predicted molar refractivity (Wildman–Crippen MR) is 36.2 cm³/mol. The molecule has 0 spiro atoms. The van der Waals surface area contributed by atoms with Crippen molar-refractivity contribution in [2.75, 3.05) is 0 Å². The maximum atomic E-state index is 5.28. The van der Waals surface area contributed by atoms with Crippen LogP contribution in [-0.4, -0.2) is 4.99 Å². The first-order valence-electron chi connectivity index (χ1n) is 2.47. The van der Waals surface area contributed by atoms with Gasteiger partial charge in [0.05, 0.1) is 4.99 Å². The van der Waals surface area contributed by atoms with Gasteiger partial charge in [-0.3, -0.25) is 0 Å². The molecule has 1 atom stereocenters. The topological polar surface area (TPSA) is 26.0 Å². The molecule has 0 radical (unpaired) electrons. The van der Waals surface area contributed by atoms with Gasteiger partial charge in [0.1, 0.15) is 0 Å². The van der Waals surface area contributed by atoms with Crippen molar-refractivity contribution in [3.63, 3.8) is 0 Å². The predicted octanol–water partition coefficient (Wildman–Crippen LogP) is 1.32. The SMILES string of the molecule is CC[C@H](C)C(N)=S. The Bertz CT molecular complexity index is 70.5. The van der Waals surface area contributed by atoms with Gasteiger partial charge in [-0.1, -0.05) is 26.1 Å². The third-order valence-corrected chi connectivity index (χ3v) is 1.50. The highest BCUT2D eigenvalue weighted by Gasteiger charge is 1.97. The van der Waals surface area contributed by atoms with Crippen LogP contribution in [-0.2, 0) is 0 Å². The molecule has 0 unspecified atom stereocenters. The molecule has 0 aromatic heterocycles. The second kappa shape index (κ2) is 2.97. The smallest absolute Gasteiger partial charge is 0.0755 e. The summed E-state index contributed by atoms with van der Waals surface area (Å²) in [4.78, 5) is 0.627. The van der Waals surface area contributed by atoms with E-state index in [0.29, 0.717) is 10.9 Å². The standard InChI is InChI=1S/C5H11NS/c1-3-4(2)5(6)7/h4H,3H2,1-2H3,(H2,6,7)/t4-/m0/s1. The normalized spacial score (nSPS) is 13.4. The van der Waals surface area contributed by atoms with Crippen molar-refractivity contribution in [3.8, 4) is 0 Å². The van der Waals surface area contributed by atoms with Crippen LogP contribution in [0.25, 0.3) is 0 Å². The quantitative estimate of drug-likeness (QED) is 0.552. The molecular weight excluding hydrogens is 106 g/mol. The van der Waals surface area contributed by atoms with Crippen molar-refractivity contribution in [1.29, 1.82) is 0 Å². The second-order valence-electron chi connectivity index (χ2n) is 1.71. The van der Waals surface area contributed by atoms with Gasteiger partial charge in [0.15, 0.2) is 0 Å². The van der Waals surface area contributed by atoms with Crippen molar-refractivity contribution in [1.82, 2.24) is 0 Å². The van der Waals surface area contributed by atoms with E-state index in [9.17, 15) is 0 Å². The Labute approximate surface area is 49.9 Å². The molecule has 1 nitrogen and oxygen atoms in total. The van der Waals surface area contributed by atoms with Crippen LogP contribution >= 0.6 is 12.2 Å². The Hall–Kier alpha value is -0.110. The molecule has 2 N–H and O–H groups in total. The molecule has 7 heavy (non-hydrogen) atoms. The van der Waals surface area contributed by atoms with E-state index in [1.165, 1.54) is 0 Å². The van der Waals surface area contributed by atoms with E-state index >= 15 is 0 Å². The number of thiocarbonyl (C=S) groups is 1. The zero-order valence-electron chi connectivity index (χ0n) is 4.77. The van der Waals surface area contributed by atoms with Gasteiger partial charge >= 0.3 is 0 Å². The van der Waals surface area contributed by atoms with Gasteiger partial charge < -0.3 is 5.73 Å². The van der Waals surface area contributed by atoms with Gasteiger partial charge in [-0.15, -0.1) is 0 Å². The molecule has 0 aliphatic carbocycles. The minimum Gasteiger partial charge on any atom is -0.393 e. The summed E-state index contributed by atoms with van der Waals surface area (Å²) >= 11 is 4.70. The highest BCUT2D eigenvalue weighted by atomic mass is 32.1. The average molecular weight is 117 g/mol. The molecule has 2 heteroatoms. The third-order valence-electron chi connectivity index (χ3n) is 1.10.